The van der Waals surface area contributed by atoms with Crippen LogP contribution in [0.4, 0.5) is 19.0 Å². The van der Waals surface area contributed by atoms with E-state index in [1.807, 2.05) is 0 Å². The zero-order valence-corrected chi connectivity index (χ0v) is 16.0. The van der Waals surface area contributed by atoms with E-state index < -0.39 is 23.2 Å². The molecular formula is C19H16ClF3N4O2. The average molecular weight is 425 g/mol. The second-order valence-electron chi connectivity index (χ2n) is 7.24. The van der Waals surface area contributed by atoms with Gasteiger partial charge < -0.3 is 10.0 Å². The maximum Gasteiger partial charge on any atom is 0.433 e. The number of hydrogen-bond acceptors (Lipinski definition) is 5. The number of aromatic nitrogens is 3. The first-order chi connectivity index (χ1) is 13.6. The number of anilines is 1. The van der Waals surface area contributed by atoms with Crippen LogP contribution >= 0.6 is 11.6 Å². The van der Waals surface area contributed by atoms with Gasteiger partial charge in [-0.05, 0) is 37.6 Å². The topological polar surface area (TPSA) is 71.2 Å². The second-order valence-corrected chi connectivity index (χ2v) is 7.65. The van der Waals surface area contributed by atoms with Crippen LogP contribution < -0.4 is 10.6 Å². The molecule has 2 aromatic heterocycles. The lowest BCUT2D eigenvalue weighted by Crippen LogP contribution is -2.33. The molecule has 1 aromatic carbocycles. The summed E-state index contributed by atoms with van der Waals surface area (Å²) in [7, 11) is 0. The molecule has 1 saturated heterocycles. The summed E-state index contributed by atoms with van der Waals surface area (Å²) in [5.41, 5.74) is -2.93. The van der Waals surface area contributed by atoms with E-state index in [-0.39, 0.29) is 34.1 Å². The average Bonchev–Trinajstić information content (AvgIpc) is 3.00. The Morgan fingerprint density at radius 2 is 1.90 bits per heavy atom. The maximum atomic E-state index is 13.3. The molecule has 1 N–H and O–H groups in total. The van der Waals surface area contributed by atoms with Gasteiger partial charge in [0, 0.05) is 13.1 Å². The highest BCUT2D eigenvalue weighted by molar-refractivity contribution is 6.32. The van der Waals surface area contributed by atoms with Crippen molar-refractivity contribution in [1.29, 1.82) is 0 Å². The first-order valence-electron chi connectivity index (χ1n) is 8.80. The van der Waals surface area contributed by atoms with E-state index in [9.17, 15) is 23.1 Å². The molecule has 0 bridgehead atoms. The van der Waals surface area contributed by atoms with Gasteiger partial charge >= 0.3 is 11.9 Å². The van der Waals surface area contributed by atoms with Gasteiger partial charge in [-0.1, -0.05) is 23.7 Å². The van der Waals surface area contributed by atoms with Crippen LogP contribution in [-0.2, 0) is 6.18 Å². The van der Waals surface area contributed by atoms with E-state index in [0.717, 1.165) is 10.6 Å². The van der Waals surface area contributed by atoms with Gasteiger partial charge in [0.05, 0.1) is 21.7 Å². The molecule has 1 atom stereocenters. The van der Waals surface area contributed by atoms with Crippen LogP contribution in [0.2, 0.25) is 5.02 Å². The number of nitrogens with zero attached hydrogens (tertiary/aromatic N) is 4. The number of aliphatic hydroxyl groups is 1. The Morgan fingerprint density at radius 1 is 1.17 bits per heavy atom. The quantitative estimate of drug-likeness (QED) is 0.682. The van der Waals surface area contributed by atoms with Crippen molar-refractivity contribution in [1.82, 2.24) is 14.5 Å². The predicted molar refractivity (Wildman–Crippen MR) is 103 cm³/mol. The third-order valence-corrected chi connectivity index (χ3v) is 5.18. The molecule has 0 amide bonds. The van der Waals surface area contributed by atoms with E-state index in [4.69, 9.17) is 11.6 Å². The largest absolute Gasteiger partial charge is 0.433 e. The Bertz CT molecular complexity index is 1160. The zero-order chi connectivity index (χ0) is 21.0. The van der Waals surface area contributed by atoms with Crippen molar-refractivity contribution >= 4 is 28.5 Å². The fourth-order valence-electron chi connectivity index (χ4n) is 3.46. The Labute approximate surface area is 168 Å². The molecule has 10 heteroatoms. The van der Waals surface area contributed by atoms with E-state index >= 15 is 0 Å². The van der Waals surface area contributed by atoms with E-state index in [1.54, 1.807) is 24.0 Å². The van der Waals surface area contributed by atoms with Gasteiger partial charge in [-0.25, -0.2) is 14.3 Å². The van der Waals surface area contributed by atoms with Gasteiger partial charge in [0.25, 0.3) is 0 Å². The smallest absolute Gasteiger partial charge is 0.388 e. The number of fused-ring (bicyclic) bond motifs is 1. The van der Waals surface area contributed by atoms with Crippen molar-refractivity contribution in [3.63, 3.8) is 0 Å². The summed E-state index contributed by atoms with van der Waals surface area (Å²) in [5, 5.41) is 10.7. The van der Waals surface area contributed by atoms with Crippen LogP contribution in [0.25, 0.3) is 16.7 Å². The van der Waals surface area contributed by atoms with Crippen LogP contribution in [0, 0.1) is 0 Å². The normalized spacial score (nSPS) is 19.9. The highest BCUT2D eigenvalue weighted by Crippen LogP contribution is 2.34. The third kappa shape index (κ3) is 3.56. The summed E-state index contributed by atoms with van der Waals surface area (Å²) in [6.07, 6.45) is -4.24. The number of β-amino-alcohol motifs (C(OH)–C–C–N with tert-alkyl or cyclic N) is 1. The van der Waals surface area contributed by atoms with Gasteiger partial charge in [0.1, 0.15) is 11.5 Å². The summed E-state index contributed by atoms with van der Waals surface area (Å²) in [5.74, 6) is 0.187. The van der Waals surface area contributed by atoms with Crippen LogP contribution in [0.1, 0.15) is 19.0 Å². The molecule has 29 heavy (non-hydrogen) atoms. The van der Waals surface area contributed by atoms with Crippen molar-refractivity contribution in [3.8, 4) is 5.69 Å². The molecule has 3 aromatic rings. The summed E-state index contributed by atoms with van der Waals surface area (Å²) < 4.78 is 40.9. The van der Waals surface area contributed by atoms with Crippen LogP contribution in [0.15, 0.2) is 41.2 Å². The molecule has 3 heterocycles. The fourth-order valence-corrected chi connectivity index (χ4v) is 3.68. The lowest BCUT2D eigenvalue weighted by molar-refractivity contribution is -0.141. The molecule has 0 aliphatic carbocycles. The van der Waals surface area contributed by atoms with Gasteiger partial charge in [-0.3, -0.25) is 0 Å². The minimum Gasteiger partial charge on any atom is -0.388 e. The lowest BCUT2D eigenvalue weighted by atomic mass is 10.1. The first kappa shape index (κ1) is 19.7. The molecule has 1 unspecified atom stereocenters. The molecule has 1 aliphatic rings. The number of halogens is 4. The molecule has 4 rings (SSSR count). The van der Waals surface area contributed by atoms with Gasteiger partial charge in [-0.15, -0.1) is 0 Å². The highest BCUT2D eigenvalue weighted by Gasteiger charge is 2.36. The SMILES string of the molecule is CC1(O)CCN(c2nc(=O)n(-c3ccccc3Cl)c3nc(C(F)(F)F)ccc23)C1. The fraction of sp³-hybridized carbons (Fsp3) is 0.316. The molecular weight excluding hydrogens is 409 g/mol. The van der Waals surface area contributed by atoms with Crippen molar-refractivity contribution in [2.45, 2.75) is 25.1 Å². The number of benzene rings is 1. The van der Waals surface area contributed by atoms with Crippen LogP contribution in [0.5, 0.6) is 0 Å². The van der Waals surface area contributed by atoms with E-state index in [1.165, 1.54) is 18.2 Å². The Hall–Kier alpha value is -2.65. The van der Waals surface area contributed by atoms with E-state index in [2.05, 4.69) is 9.97 Å². The maximum absolute atomic E-state index is 13.3. The molecule has 1 aliphatic heterocycles. The van der Waals surface area contributed by atoms with Crippen molar-refractivity contribution in [2.75, 3.05) is 18.0 Å². The first-order valence-corrected chi connectivity index (χ1v) is 9.18. The minimum absolute atomic E-state index is 0.175. The van der Waals surface area contributed by atoms with Crippen molar-refractivity contribution in [2.24, 2.45) is 0 Å². The minimum atomic E-state index is -4.68. The molecule has 6 nitrogen and oxygen atoms in total. The predicted octanol–water partition coefficient (Wildman–Crippen LogP) is 3.41. The number of pyridine rings is 1. The van der Waals surface area contributed by atoms with Crippen LogP contribution in [0.3, 0.4) is 0 Å². The van der Waals surface area contributed by atoms with Crippen LogP contribution in [-0.4, -0.2) is 38.3 Å². The monoisotopic (exact) mass is 424 g/mol. The van der Waals surface area contributed by atoms with E-state index in [0.29, 0.717) is 13.0 Å². The Kier molecular flexibility index (Phi) is 4.54. The molecule has 0 saturated carbocycles. The molecule has 1 fully saturated rings. The number of hydrogen-bond donors (Lipinski definition) is 1. The number of rotatable bonds is 2. The third-order valence-electron chi connectivity index (χ3n) is 4.86. The summed E-state index contributed by atoms with van der Waals surface area (Å²) in [6.45, 7) is 2.26. The van der Waals surface area contributed by atoms with Gasteiger partial charge in [-0.2, -0.15) is 18.2 Å². The Balaban J connectivity index is 2.03. The second kappa shape index (κ2) is 6.70. The molecule has 0 radical (unpaired) electrons. The van der Waals surface area contributed by atoms with Crippen molar-refractivity contribution < 1.29 is 18.3 Å². The number of para-hydroxylation sites is 1. The lowest BCUT2D eigenvalue weighted by Gasteiger charge is -2.22. The summed E-state index contributed by atoms with van der Waals surface area (Å²) >= 11 is 6.18. The van der Waals surface area contributed by atoms with Crippen molar-refractivity contribution in [3.05, 3.63) is 57.6 Å². The zero-order valence-electron chi connectivity index (χ0n) is 15.2. The summed E-state index contributed by atoms with van der Waals surface area (Å²) in [4.78, 5) is 22.4. The summed E-state index contributed by atoms with van der Waals surface area (Å²) in [6, 6.07) is 8.37. The number of alkyl halides is 3. The Morgan fingerprint density at radius 3 is 2.52 bits per heavy atom. The molecule has 152 valence electrons. The highest BCUT2D eigenvalue weighted by atomic mass is 35.5. The molecule has 0 spiro atoms. The standard InChI is InChI=1S/C19H16ClF3N4O2/c1-18(29)8-9-26(10-18)15-11-6-7-14(19(21,22)23)24-16(11)27(17(28)25-15)13-5-3-2-4-12(13)20/h2-7,29H,8-10H2,1H3. The van der Waals surface area contributed by atoms with Gasteiger partial charge in [0.2, 0.25) is 0 Å². The van der Waals surface area contributed by atoms with Gasteiger partial charge in [0.15, 0.2) is 5.65 Å².